The lowest BCUT2D eigenvalue weighted by atomic mass is 9.82. The first-order chi connectivity index (χ1) is 9.56. The maximum Gasteiger partial charge on any atom is 0.204 e. The molecule has 0 saturated carbocycles. The molecule has 1 aromatic heterocycles. The summed E-state index contributed by atoms with van der Waals surface area (Å²) in [5.41, 5.74) is 0. The van der Waals surface area contributed by atoms with Crippen molar-refractivity contribution < 1.29 is 10.4 Å². The van der Waals surface area contributed by atoms with E-state index in [1.165, 1.54) is 25.7 Å². The molecule has 2 aliphatic heterocycles. The predicted molar refractivity (Wildman–Crippen MR) is 74.9 cm³/mol. The fraction of sp³-hybridized carbons (Fsp3) is 0.714. The van der Waals surface area contributed by atoms with Gasteiger partial charge in [-0.3, -0.25) is 10.4 Å². The summed E-state index contributed by atoms with van der Waals surface area (Å²) in [6.45, 7) is 4.62. The molecule has 110 valence electrons. The van der Waals surface area contributed by atoms with E-state index in [-0.39, 0.29) is 11.0 Å². The second-order valence-corrected chi connectivity index (χ2v) is 6.31. The van der Waals surface area contributed by atoms with Gasteiger partial charge in [0.05, 0.1) is 0 Å². The van der Waals surface area contributed by atoms with Crippen molar-refractivity contribution in [2.75, 3.05) is 10.1 Å². The van der Waals surface area contributed by atoms with Crippen LogP contribution in [-0.2, 0) is 0 Å². The first-order valence-electron chi connectivity index (χ1n) is 7.36. The Morgan fingerprint density at radius 1 is 1.15 bits per heavy atom. The van der Waals surface area contributed by atoms with Crippen LogP contribution in [0.15, 0.2) is 12.1 Å². The maximum atomic E-state index is 8.91. The lowest BCUT2D eigenvalue weighted by Crippen LogP contribution is -2.44. The molecule has 0 spiro atoms. The van der Waals surface area contributed by atoms with Gasteiger partial charge in [-0.15, -0.1) is 15.4 Å². The minimum atomic E-state index is -0.00359. The zero-order chi connectivity index (χ0) is 14.3. The van der Waals surface area contributed by atoms with E-state index >= 15 is 0 Å². The summed E-state index contributed by atoms with van der Waals surface area (Å²) >= 11 is 0. The lowest BCUT2D eigenvalue weighted by Gasteiger charge is -2.41. The largest absolute Gasteiger partial charge is 0.349 e. The van der Waals surface area contributed by atoms with Crippen molar-refractivity contribution in [3.05, 3.63) is 12.1 Å². The molecule has 3 rings (SSSR count). The van der Waals surface area contributed by atoms with Gasteiger partial charge < -0.3 is 4.90 Å². The van der Waals surface area contributed by atoms with Crippen molar-refractivity contribution in [3.8, 4) is 0 Å². The third kappa shape index (κ3) is 2.33. The second-order valence-electron chi connectivity index (χ2n) is 6.31. The SMILES string of the molecule is CC(C)C1CC2CCC(C1)N2c1ccc(N(O)O)nn1. The lowest BCUT2D eigenvalue weighted by molar-refractivity contribution is 0.0263. The molecule has 0 radical (unpaired) electrons. The molecule has 0 amide bonds. The summed E-state index contributed by atoms with van der Waals surface area (Å²) in [5, 5.41) is 25.8. The van der Waals surface area contributed by atoms with Crippen LogP contribution < -0.4 is 10.1 Å². The van der Waals surface area contributed by atoms with Crippen LogP contribution in [0.2, 0.25) is 0 Å². The van der Waals surface area contributed by atoms with Gasteiger partial charge in [-0.25, -0.2) is 0 Å². The molecule has 1 aromatic rings. The van der Waals surface area contributed by atoms with Crippen LogP contribution in [0, 0.1) is 11.8 Å². The second kappa shape index (κ2) is 5.18. The molecule has 6 nitrogen and oxygen atoms in total. The number of nitrogens with zero attached hydrogens (tertiary/aromatic N) is 4. The molecule has 6 heteroatoms. The van der Waals surface area contributed by atoms with Gasteiger partial charge in [0.1, 0.15) is 0 Å². The van der Waals surface area contributed by atoms with Gasteiger partial charge in [0.2, 0.25) is 5.82 Å². The Kier molecular flexibility index (Phi) is 3.52. The average molecular weight is 278 g/mol. The maximum absolute atomic E-state index is 8.91. The number of piperidine rings is 1. The van der Waals surface area contributed by atoms with Crippen LogP contribution in [0.1, 0.15) is 39.5 Å². The van der Waals surface area contributed by atoms with E-state index < -0.39 is 0 Å². The number of rotatable bonds is 3. The summed E-state index contributed by atoms with van der Waals surface area (Å²) in [6.07, 6.45) is 4.90. The highest BCUT2D eigenvalue weighted by Crippen LogP contribution is 2.43. The summed E-state index contributed by atoms with van der Waals surface area (Å²) in [7, 11) is 0. The minimum Gasteiger partial charge on any atom is -0.349 e. The Balaban J connectivity index is 1.78. The smallest absolute Gasteiger partial charge is 0.204 e. The fourth-order valence-electron chi connectivity index (χ4n) is 3.70. The number of hydrogen-bond donors (Lipinski definition) is 2. The van der Waals surface area contributed by atoms with Crippen molar-refractivity contribution in [3.63, 3.8) is 0 Å². The first-order valence-corrected chi connectivity index (χ1v) is 7.36. The molecule has 2 aliphatic rings. The van der Waals surface area contributed by atoms with E-state index in [9.17, 15) is 0 Å². The molecule has 20 heavy (non-hydrogen) atoms. The highest BCUT2D eigenvalue weighted by molar-refractivity contribution is 5.46. The topological polar surface area (TPSA) is 72.7 Å². The zero-order valence-corrected chi connectivity index (χ0v) is 12.0. The van der Waals surface area contributed by atoms with E-state index in [1.807, 2.05) is 6.07 Å². The molecule has 2 fully saturated rings. The number of anilines is 2. The molecule has 2 atom stereocenters. The van der Waals surface area contributed by atoms with Gasteiger partial charge in [0.15, 0.2) is 5.82 Å². The Morgan fingerprint density at radius 2 is 1.80 bits per heavy atom. The number of fused-ring (bicyclic) bond motifs is 2. The Morgan fingerprint density at radius 3 is 2.25 bits per heavy atom. The van der Waals surface area contributed by atoms with Gasteiger partial charge in [-0.05, 0) is 49.7 Å². The Labute approximate surface area is 118 Å². The van der Waals surface area contributed by atoms with Gasteiger partial charge in [0.25, 0.3) is 0 Å². The minimum absolute atomic E-state index is 0.00359. The van der Waals surface area contributed by atoms with Crippen molar-refractivity contribution in [1.82, 2.24) is 10.2 Å². The number of hydrogen-bond acceptors (Lipinski definition) is 6. The monoisotopic (exact) mass is 278 g/mol. The molecule has 2 bridgehead atoms. The average Bonchev–Trinajstić information content (AvgIpc) is 2.68. The summed E-state index contributed by atoms with van der Waals surface area (Å²) in [5.74, 6) is 2.44. The number of aromatic nitrogens is 2. The van der Waals surface area contributed by atoms with Crippen molar-refractivity contribution in [1.29, 1.82) is 0 Å². The molecule has 2 saturated heterocycles. The van der Waals surface area contributed by atoms with E-state index in [1.54, 1.807) is 6.07 Å². The summed E-state index contributed by atoms with van der Waals surface area (Å²) in [6, 6.07) is 4.51. The first kappa shape index (κ1) is 13.6. The van der Waals surface area contributed by atoms with E-state index in [4.69, 9.17) is 10.4 Å². The van der Waals surface area contributed by atoms with Crippen LogP contribution in [0.25, 0.3) is 0 Å². The molecule has 2 N–H and O–H groups in total. The van der Waals surface area contributed by atoms with Crippen LogP contribution in [0.4, 0.5) is 11.6 Å². The molecule has 0 aliphatic carbocycles. The van der Waals surface area contributed by atoms with Crippen LogP contribution in [-0.4, -0.2) is 32.7 Å². The molecule has 3 heterocycles. The van der Waals surface area contributed by atoms with Crippen LogP contribution in [0.5, 0.6) is 0 Å². The summed E-state index contributed by atoms with van der Waals surface area (Å²) in [4.78, 5) is 2.38. The van der Waals surface area contributed by atoms with Crippen LogP contribution >= 0.6 is 0 Å². The molecular formula is C14H22N4O2. The van der Waals surface area contributed by atoms with E-state index in [0.29, 0.717) is 12.1 Å². The van der Waals surface area contributed by atoms with Crippen LogP contribution in [0.3, 0.4) is 0 Å². The van der Waals surface area contributed by atoms with Gasteiger partial charge in [0, 0.05) is 12.1 Å². The Hall–Kier alpha value is -1.40. The summed E-state index contributed by atoms with van der Waals surface area (Å²) < 4.78 is 0. The van der Waals surface area contributed by atoms with Crippen molar-refractivity contribution in [2.45, 2.75) is 51.6 Å². The Bertz CT molecular complexity index is 449. The van der Waals surface area contributed by atoms with Crippen molar-refractivity contribution in [2.24, 2.45) is 11.8 Å². The van der Waals surface area contributed by atoms with E-state index in [0.717, 1.165) is 17.7 Å². The standard InChI is InChI=1S/C14H22N4O2/c1-9(2)10-7-11-3-4-12(8-10)17(11)13-5-6-14(16-15-13)18(19)20/h5-6,9-12,19-20H,3-4,7-8H2,1-2H3. The third-order valence-electron chi connectivity index (χ3n) is 4.82. The highest BCUT2D eigenvalue weighted by Gasteiger charge is 2.42. The van der Waals surface area contributed by atoms with Gasteiger partial charge in [-0.2, -0.15) is 0 Å². The fourth-order valence-corrected chi connectivity index (χ4v) is 3.70. The zero-order valence-electron chi connectivity index (χ0n) is 12.0. The molecule has 2 unspecified atom stereocenters. The van der Waals surface area contributed by atoms with Gasteiger partial charge >= 0.3 is 0 Å². The predicted octanol–water partition coefficient (Wildman–Crippen LogP) is 2.46. The normalized spacial score (nSPS) is 29.1. The van der Waals surface area contributed by atoms with E-state index in [2.05, 4.69) is 28.9 Å². The quantitative estimate of drug-likeness (QED) is 0.827. The van der Waals surface area contributed by atoms with Crippen molar-refractivity contribution >= 4 is 11.6 Å². The molecule has 0 aromatic carbocycles. The van der Waals surface area contributed by atoms with Gasteiger partial charge in [-0.1, -0.05) is 13.8 Å². The highest BCUT2D eigenvalue weighted by atomic mass is 16.8. The third-order valence-corrected chi connectivity index (χ3v) is 4.82. The molecular weight excluding hydrogens is 256 g/mol.